The van der Waals surface area contributed by atoms with Gasteiger partial charge in [-0.05, 0) is 50.3 Å². The predicted octanol–water partition coefficient (Wildman–Crippen LogP) is 5.48. The van der Waals surface area contributed by atoms with Crippen LogP contribution in [0.25, 0.3) is 0 Å². The van der Waals surface area contributed by atoms with Crippen LogP contribution in [0.5, 0.6) is 5.75 Å². The molecular formula is C26H32F3N5O5. The number of ether oxygens (including phenoxy) is 2. The molecule has 1 amide bonds. The molecule has 1 aliphatic heterocycles. The Morgan fingerprint density at radius 2 is 1.85 bits per heavy atom. The lowest BCUT2D eigenvalue weighted by atomic mass is 9.92. The Hall–Kier alpha value is -3.77. The first-order valence-corrected chi connectivity index (χ1v) is 13.1. The van der Waals surface area contributed by atoms with Crippen LogP contribution in [-0.2, 0) is 10.9 Å². The minimum Gasteiger partial charge on any atom is -0.490 e. The van der Waals surface area contributed by atoms with Crippen molar-refractivity contribution in [3.63, 3.8) is 0 Å². The van der Waals surface area contributed by atoms with Crippen molar-refractivity contribution in [3.8, 4) is 5.75 Å². The van der Waals surface area contributed by atoms with E-state index in [0.717, 1.165) is 24.4 Å². The number of anilines is 2. The van der Waals surface area contributed by atoms with Gasteiger partial charge in [0, 0.05) is 56.2 Å². The molecule has 212 valence electrons. The smallest absolute Gasteiger partial charge is 0.423 e. The number of halogens is 3. The fourth-order valence-electron chi connectivity index (χ4n) is 4.81. The topological polar surface area (TPSA) is 110 Å². The Labute approximate surface area is 224 Å². The highest BCUT2D eigenvalue weighted by molar-refractivity contribution is 5.68. The van der Waals surface area contributed by atoms with E-state index in [1.54, 1.807) is 17.2 Å². The number of alkyl halides is 3. The summed E-state index contributed by atoms with van der Waals surface area (Å²) in [4.78, 5) is 30.3. The summed E-state index contributed by atoms with van der Waals surface area (Å²) in [6.45, 7) is 4.72. The van der Waals surface area contributed by atoms with Crippen molar-refractivity contribution in [3.05, 3.63) is 52.2 Å². The molecular weight excluding hydrogens is 519 g/mol. The van der Waals surface area contributed by atoms with Gasteiger partial charge in [0.15, 0.2) is 0 Å². The molecule has 4 rings (SSSR count). The van der Waals surface area contributed by atoms with Crippen LogP contribution in [0.3, 0.4) is 0 Å². The summed E-state index contributed by atoms with van der Waals surface area (Å²) in [5.41, 5.74) is -2.02. The molecule has 10 nitrogen and oxygen atoms in total. The number of piperazine rings is 1. The molecule has 1 aromatic heterocycles. The van der Waals surface area contributed by atoms with E-state index in [0.29, 0.717) is 64.2 Å². The van der Waals surface area contributed by atoms with Crippen molar-refractivity contribution in [1.29, 1.82) is 0 Å². The predicted molar refractivity (Wildman–Crippen MR) is 138 cm³/mol. The maximum absolute atomic E-state index is 13.3. The van der Waals surface area contributed by atoms with Gasteiger partial charge in [0.1, 0.15) is 17.1 Å². The fourth-order valence-corrected chi connectivity index (χ4v) is 4.81. The zero-order valence-corrected chi connectivity index (χ0v) is 21.7. The average Bonchev–Trinajstić information content (AvgIpc) is 2.92. The summed E-state index contributed by atoms with van der Waals surface area (Å²) in [6, 6.07) is 6.60. The standard InChI is InChI=1S/C26H32F3N5O5/c1-2-15-38-25(35)33-13-11-32(12-14-33)24-17-21(9-10-30-24)39-20-6-3-18(4-7-20)31-19-5-8-23(34(36)37)22(16-19)26(27,28)29/h5,8-10,16-18,20,31H,2-4,6-7,11-15H2,1H3. The lowest BCUT2D eigenvalue weighted by Crippen LogP contribution is -2.49. The molecule has 0 bridgehead atoms. The molecule has 0 radical (unpaired) electrons. The number of nitro groups is 1. The third kappa shape index (κ3) is 7.42. The Morgan fingerprint density at radius 3 is 2.49 bits per heavy atom. The largest absolute Gasteiger partial charge is 0.490 e. The van der Waals surface area contributed by atoms with E-state index >= 15 is 0 Å². The van der Waals surface area contributed by atoms with E-state index in [9.17, 15) is 28.1 Å². The highest BCUT2D eigenvalue weighted by atomic mass is 19.4. The SMILES string of the molecule is CCCOC(=O)N1CCN(c2cc(OC3CCC(Nc4ccc([N+](=O)[O-])c(C(F)(F)F)c4)CC3)ccn2)CC1. The fraction of sp³-hybridized carbons (Fsp3) is 0.538. The highest BCUT2D eigenvalue weighted by Gasteiger charge is 2.38. The lowest BCUT2D eigenvalue weighted by Gasteiger charge is -2.35. The first kappa shape index (κ1) is 28.2. The second-order valence-corrected chi connectivity index (χ2v) is 9.66. The minimum absolute atomic E-state index is 0.0499. The number of rotatable bonds is 8. The molecule has 0 atom stereocenters. The number of amides is 1. The van der Waals surface area contributed by atoms with Crippen molar-refractivity contribution >= 4 is 23.3 Å². The Morgan fingerprint density at radius 1 is 1.13 bits per heavy atom. The second kappa shape index (κ2) is 12.4. The summed E-state index contributed by atoms with van der Waals surface area (Å²) in [5.74, 6) is 1.45. The van der Waals surface area contributed by atoms with Crippen LogP contribution in [0.15, 0.2) is 36.5 Å². The average molecular weight is 552 g/mol. The zero-order chi connectivity index (χ0) is 28.0. The van der Waals surface area contributed by atoms with Gasteiger partial charge in [0.05, 0.1) is 17.6 Å². The summed E-state index contributed by atoms with van der Waals surface area (Å²) in [5, 5.41) is 14.1. The monoisotopic (exact) mass is 551 g/mol. The van der Waals surface area contributed by atoms with E-state index in [-0.39, 0.29) is 23.9 Å². The van der Waals surface area contributed by atoms with Gasteiger partial charge in [-0.3, -0.25) is 10.1 Å². The van der Waals surface area contributed by atoms with Crippen molar-refractivity contribution in [2.45, 2.75) is 57.3 Å². The quantitative estimate of drug-likeness (QED) is 0.339. The van der Waals surface area contributed by atoms with Gasteiger partial charge in [0.2, 0.25) is 0 Å². The molecule has 39 heavy (non-hydrogen) atoms. The molecule has 0 spiro atoms. The molecule has 2 aromatic rings. The number of carbonyl (C=O) groups is 1. The van der Waals surface area contributed by atoms with Crippen molar-refractivity contribution in [1.82, 2.24) is 9.88 Å². The van der Waals surface area contributed by atoms with Crippen molar-refractivity contribution in [2.75, 3.05) is 43.0 Å². The molecule has 2 heterocycles. The van der Waals surface area contributed by atoms with Crippen LogP contribution in [0.1, 0.15) is 44.6 Å². The van der Waals surface area contributed by atoms with Crippen molar-refractivity contribution in [2.24, 2.45) is 0 Å². The number of nitro benzene ring substituents is 1. The van der Waals surface area contributed by atoms with Crippen LogP contribution >= 0.6 is 0 Å². The molecule has 1 aromatic carbocycles. The number of hydrogen-bond acceptors (Lipinski definition) is 8. The van der Waals surface area contributed by atoms with E-state index in [1.807, 2.05) is 13.0 Å². The molecule has 2 fully saturated rings. The van der Waals surface area contributed by atoms with Gasteiger partial charge in [-0.1, -0.05) is 6.92 Å². The van der Waals surface area contributed by atoms with E-state index < -0.39 is 22.4 Å². The number of hydrogen-bond donors (Lipinski definition) is 1. The Bertz CT molecular complexity index is 1150. The summed E-state index contributed by atoms with van der Waals surface area (Å²) in [7, 11) is 0. The van der Waals surface area contributed by atoms with Gasteiger partial charge in [-0.2, -0.15) is 13.2 Å². The third-order valence-corrected chi connectivity index (χ3v) is 6.85. The first-order chi connectivity index (χ1) is 18.6. The maximum atomic E-state index is 13.3. The Balaban J connectivity index is 1.27. The molecule has 1 N–H and O–H groups in total. The number of carbonyl (C=O) groups excluding carboxylic acids is 1. The highest BCUT2D eigenvalue weighted by Crippen LogP contribution is 2.38. The normalized spacial score (nSPS) is 19.9. The number of aromatic nitrogens is 1. The van der Waals surface area contributed by atoms with E-state index in [2.05, 4.69) is 15.2 Å². The van der Waals surface area contributed by atoms with Gasteiger partial charge in [0.25, 0.3) is 5.69 Å². The summed E-state index contributed by atoms with van der Waals surface area (Å²) in [6.07, 6.45) is 0.0689. The van der Waals surface area contributed by atoms with E-state index in [1.165, 1.54) is 6.07 Å². The molecule has 2 aliphatic rings. The minimum atomic E-state index is -4.82. The third-order valence-electron chi connectivity index (χ3n) is 6.85. The summed E-state index contributed by atoms with van der Waals surface area (Å²) >= 11 is 0. The van der Waals surface area contributed by atoms with Crippen LogP contribution < -0.4 is 15.0 Å². The van der Waals surface area contributed by atoms with Gasteiger partial charge < -0.3 is 24.6 Å². The molecule has 1 saturated heterocycles. The molecule has 1 aliphatic carbocycles. The summed E-state index contributed by atoms with van der Waals surface area (Å²) < 4.78 is 51.3. The first-order valence-electron chi connectivity index (χ1n) is 13.1. The van der Waals surface area contributed by atoms with Crippen LogP contribution in [0.2, 0.25) is 0 Å². The van der Waals surface area contributed by atoms with Gasteiger partial charge in [-0.25, -0.2) is 9.78 Å². The number of nitrogens with zero attached hydrogens (tertiary/aromatic N) is 4. The van der Waals surface area contributed by atoms with Gasteiger partial charge >= 0.3 is 12.3 Å². The molecule has 1 saturated carbocycles. The van der Waals surface area contributed by atoms with Crippen molar-refractivity contribution < 1.29 is 32.4 Å². The second-order valence-electron chi connectivity index (χ2n) is 9.66. The molecule has 0 unspecified atom stereocenters. The maximum Gasteiger partial charge on any atom is 0.423 e. The van der Waals surface area contributed by atoms with Gasteiger partial charge in [-0.15, -0.1) is 0 Å². The van der Waals surface area contributed by atoms with E-state index in [4.69, 9.17) is 9.47 Å². The van der Waals surface area contributed by atoms with Crippen LogP contribution in [-0.4, -0.2) is 65.8 Å². The zero-order valence-electron chi connectivity index (χ0n) is 21.7. The van der Waals surface area contributed by atoms with Crippen LogP contribution in [0.4, 0.5) is 35.2 Å². The molecule has 13 heteroatoms. The number of benzene rings is 1. The number of nitrogens with one attached hydrogen (secondary N) is 1. The van der Waals surface area contributed by atoms with Crippen LogP contribution in [0, 0.1) is 10.1 Å². The Kier molecular flexibility index (Phi) is 8.97. The number of pyridine rings is 1. The lowest BCUT2D eigenvalue weighted by molar-refractivity contribution is -0.388.